The fourth-order valence-electron chi connectivity index (χ4n) is 1.75. The minimum Gasteiger partial charge on any atom is -0.457 e. The number of thiocarbonyl (C=S) groups is 1. The van der Waals surface area contributed by atoms with Crippen molar-refractivity contribution in [3.05, 3.63) is 51.5 Å². The zero-order valence-electron chi connectivity index (χ0n) is 10.1. The van der Waals surface area contributed by atoms with Crippen molar-refractivity contribution < 1.29 is 9.21 Å². The molecular weight excluding hydrogens is 358 g/mol. The molecule has 1 N–H and O–H groups in total. The summed E-state index contributed by atoms with van der Waals surface area (Å²) in [6.45, 7) is 0. The van der Waals surface area contributed by atoms with E-state index < -0.39 is 0 Å². The molecule has 1 aliphatic heterocycles. The molecule has 1 aliphatic rings. The Balaban J connectivity index is 1.87. The van der Waals surface area contributed by atoms with Crippen LogP contribution in [-0.2, 0) is 4.79 Å². The van der Waals surface area contributed by atoms with E-state index in [1.807, 2.05) is 36.4 Å². The van der Waals surface area contributed by atoms with Crippen molar-refractivity contribution in [3.63, 3.8) is 0 Å². The molecule has 3 nitrogen and oxygen atoms in total. The number of carbonyl (C=O) groups is 1. The molecule has 0 radical (unpaired) electrons. The van der Waals surface area contributed by atoms with Crippen molar-refractivity contribution in [2.45, 2.75) is 0 Å². The molecule has 0 unspecified atom stereocenters. The number of hydrogen-bond donors (Lipinski definition) is 1. The van der Waals surface area contributed by atoms with Gasteiger partial charge in [-0.2, -0.15) is 0 Å². The maximum Gasteiger partial charge on any atom is 0.263 e. The molecule has 1 aromatic carbocycles. The number of thioether (sulfide) groups is 1. The fraction of sp³-hybridized carbons (Fsp3) is 0. The van der Waals surface area contributed by atoms with Gasteiger partial charge in [-0.1, -0.05) is 52.0 Å². The Hall–Kier alpha value is -1.37. The summed E-state index contributed by atoms with van der Waals surface area (Å²) in [5.41, 5.74) is 0.983. The smallest absolute Gasteiger partial charge is 0.263 e. The lowest BCUT2D eigenvalue weighted by molar-refractivity contribution is -0.115. The van der Waals surface area contributed by atoms with E-state index in [4.69, 9.17) is 16.6 Å². The third kappa shape index (κ3) is 2.87. The van der Waals surface area contributed by atoms with E-state index >= 15 is 0 Å². The summed E-state index contributed by atoms with van der Waals surface area (Å²) in [5.74, 6) is 1.21. The van der Waals surface area contributed by atoms with Crippen molar-refractivity contribution in [2.24, 2.45) is 0 Å². The van der Waals surface area contributed by atoms with Crippen molar-refractivity contribution in [3.8, 4) is 11.3 Å². The topological polar surface area (TPSA) is 42.2 Å². The van der Waals surface area contributed by atoms with Gasteiger partial charge < -0.3 is 9.73 Å². The van der Waals surface area contributed by atoms with Gasteiger partial charge in [0, 0.05) is 16.1 Å². The first-order chi connectivity index (χ1) is 9.61. The molecular formula is C14H8BrNO2S2. The van der Waals surface area contributed by atoms with Gasteiger partial charge in [0.2, 0.25) is 0 Å². The molecule has 100 valence electrons. The molecule has 0 atom stereocenters. The molecule has 0 bridgehead atoms. The number of hydrogen-bond acceptors (Lipinski definition) is 4. The number of amides is 1. The van der Waals surface area contributed by atoms with Crippen LogP contribution in [0.4, 0.5) is 0 Å². The molecule has 0 aliphatic carbocycles. The number of nitrogens with one attached hydrogen (secondary N) is 1. The minimum atomic E-state index is -0.179. The maximum atomic E-state index is 11.6. The Kier molecular flexibility index (Phi) is 3.78. The van der Waals surface area contributed by atoms with E-state index in [0.717, 1.165) is 15.8 Å². The molecule has 1 amide bonds. The Morgan fingerprint density at radius 1 is 1.20 bits per heavy atom. The van der Waals surface area contributed by atoms with Crippen LogP contribution in [0, 0.1) is 0 Å². The highest BCUT2D eigenvalue weighted by Gasteiger charge is 2.22. The molecule has 2 heterocycles. The first-order valence-corrected chi connectivity index (χ1v) is 7.74. The third-order valence-electron chi connectivity index (χ3n) is 2.67. The Morgan fingerprint density at radius 3 is 2.60 bits per heavy atom. The van der Waals surface area contributed by atoms with Crippen molar-refractivity contribution >= 4 is 56.2 Å². The molecule has 20 heavy (non-hydrogen) atoms. The number of carbonyl (C=O) groups excluding carboxylic acids is 1. The molecule has 3 rings (SSSR count). The minimum absolute atomic E-state index is 0.179. The summed E-state index contributed by atoms with van der Waals surface area (Å²) >= 11 is 9.57. The average molecular weight is 366 g/mol. The highest BCUT2D eigenvalue weighted by Crippen LogP contribution is 2.29. The lowest BCUT2D eigenvalue weighted by Gasteiger charge is -1.96. The SMILES string of the molecule is O=C1NC(=S)S/C1=C/c1ccc(-c2ccc(Br)cc2)o1. The summed E-state index contributed by atoms with van der Waals surface area (Å²) in [6.07, 6.45) is 1.70. The van der Waals surface area contributed by atoms with Gasteiger partial charge in [0.15, 0.2) is 0 Å². The van der Waals surface area contributed by atoms with Gasteiger partial charge in [-0.05, 0) is 24.3 Å². The molecule has 6 heteroatoms. The number of halogens is 1. The van der Waals surface area contributed by atoms with Crippen LogP contribution in [0.25, 0.3) is 17.4 Å². The lowest BCUT2D eigenvalue weighted by Crippen LogP contribution is -2.17. The normalized spacial score (nSPS) is 16.8. The highest BCUT2D eigenvalue weighted by molar-refractivity contribution is 9.10. The molecule has 1 saturated heterocycles. The number of benzene rings is 1. The Bertz CT molecular complexity index is 719. The highest BCUT2D eigenvalue weighted by atomic mass is 79.9. The van der Waals surface area contributed by atoms with Crippen LogP contribution in [0.1, 0.15) is 5.76 Å². The van der Waals surface area contributed by atoms with Crippen LogP contribution < -0.4 is 5.32 Å². The van der Waals surface area contributed by atoms with Crippen LogP contribution in [0.3, 0.4) is 0 Å². The summed E-state index contributed by atoms with van der Waals surface area (Å²) in [4.78, 5) is 12.1. The Labute approximate surface area is 133 Å². The van der Waals surface area contributed by atoms with Crippen LogP contribution in [0.15, 0.2) is 50.2 Å². The van der Waals surface area contributed by atoms with E-state index in [0.29, 0.717) is 15.0 Å². The Morgan fingerprint density at radius 2 is 1.95 bits per heavy atom. The summed E-state index contributed by atoms with van der Waals surface area (Å²) < 4.78 is 7.22. The lowest BCUT2D eigenvalue weighted by atomic mass is 10.2. The van der Waals surface area contributed by atoms with Crippen LogP contribution in [0.2, 0.25) is 0 Å². The second-order valence-corrected chi connectivity index (χ2v) is 6.70. The first-order valence-electron chi connectivity index (χ1n) is 5.72. The van der Waals surface area contributed by atoms with E-state index in [1.54, 1.807) is 6.08 Å². The molecule has 2 aromatic rings. The summed E-state index contributed by atoms with van der Waals surface area (Å²) in [6, 6.07) is 11.5. The van der Waals surface area contributed by atoms with E-state index in [9.17, 15) is 4.79 Å². The van der Waals surface area contributed by atoms with E-state index in [-0.39, 0.29) is 5.91 Å². The predicted molar refractivity (Wildman–Crippen MR) is 88.2 cm³/mol. The second-order valence-electron chi connectivity index (χ2n) is 4.06. The fourth-order valence-corrected chi connectivity index (χ4v) is 3.04. The van der Waals surface area contributed by atoms with Crippen molar-refractivity contribution in [1.82, 2.24) is 5.32 Å². The second kappa shape index (κ2) is 5.55. The zero-order valence-corrected chi connectivity index (χ0v) is 13.3. The van der Waals surface area contributed by atoms with Gasteiger partial charge in [-0.15, -0.1) is 0 Å². The largest absolute Gasteiger partial charge is 0.457 e. The number of furan rings is 1. The number of rotatable bonds is 2. The molecule has 1 aromatic heterocycles. The molecule has 0 saturated carbocycles. The molecule has 1 fully saturated rings. The van der Waals surface area contributed by atoms with Gasteiger partial charge in [0.05, 0.1) is 4.91 Å². The standard InChI is InChI=1S/C14H8BrNO2S2/c15-9-3-1-8(2-4-9)11-6-5-10(18-11)7-12-13(17)16-14(19)20-12/h1-7H,(H,16,17,19)/b12-7+. The van der Waals surface area contributed by atoms with Crippen LogP contribution in [-0.4, -0.2) is 10.2 Å². The predicted octanol–water partition coefficient (Wildman–Crippen LogP) is 4.20. The quantitative estimate of drug-likeness (QED) is 0.639. The van der Waals surface area contributed by atoms with Gasteiger partial charge in [-0.3, -0.25) is 4.79 Å². The van der Waals surface area contributed by atoms with Crippen LogP contribution >= 0.6 is 39.9 Å². The summed E-state index contributed by atoms with van der Waals surface area (Å²) in [7, 11) is 0. The molecule has 0 spiro atoms. The van der Waals surface area contributed by atoms with Gasteiger partial charge in [0.1, 0.15) is 15.8 Å². The van der Waals surface area contributed by atoms with Crippen molar-refractivity contribution in [1.29, 1.82) is 0 Å². The first kappa shape index (κ1) is 13.6. The maximum absolute atomic E-state index is 11.6. The van der Waals surface area contributed by atoms with Gasteiger partial charge in [0.25, 0.3) is 5.91 Å². The zero-order chi connectivity index (χ0) is 14.1. The van der Waals surface area contributed by atoms with Gasteiger partial charge in [-0.25, -0.2) is 0 Å². The average Bonchev–Trinajstić information content (AvgIpc) is 2.98. The van der Waals surface area contributed by atoms with Gasteiger partial charge >= 0.3 is 0 Å². The monoisotopic (exact) mass is 365 g/mol. The summed E-state index contributed by atoms with van der Waals surface area (Å²) in [5, 5.41) is 2.57. The third-order valence-corrected chi connectivity index (χ3v) is 4.36. The van der Waals surface area contributed by atoms with Crippen LogP contribution in [0.5, 0.6) is 0 Å². The van der Waals surface area contributed by atoms with E-state index in [2.05, 4.69) is 21.2 Å². The van der Waals surface area contributed by atoms with Crippen molar-refractivity contribution in [2.75, 3.05) is 0 Å². The van der Waals surface area contributed by atoms with E-state index in [1.165, 1.54) is 11.8 Å².